The monoisotopic (exact) mass is 450 g/mol. The van der Waals surface area contributed by atoms with Crippen molar-refractivity contribution in [1.82, 2.24) is 9.46 Å². The lowest BCUT2D eigenvalue weighted by atomic mass is 10.1. The van der Waals surface area contributed by atoms with E-state index in [1.165, 1.54) is 10.4 Å². The smallest absolute Gasteiger partial charge is 0.261 e. The number of morpholine rings is 1. The third kappa shape index (κ3) is 4.76. The number of rotatable bonds is 8. The molecule has 31 heavy (non-hydrogen) atoms. The number of aromatic nitrogens is 1. The van der Waals surface area contributed by atoms with Crippen LogP contribution in [0.3, 0.4) is 0 Å². The Kier molecular flexibility index (Phi) is 7.34. The Morgan fingerprint density at radius 3 is 2.48 bits per heavy atom. The predicted molar refractivity (Wildman–Crippen MR) is 118 cm³/mol. The number of benzene rings is 1. The first kappa shape index (κ1) is 23.2. The Morgan fingerprint density at radius 1 is 1.19 bits per heavy atom. The fraction of sp³-hybridized carbons (Fsp3) is 0.524. The van der Waals surface area contributed by atoms with Crippen LogP contribution >= 0.6 is 0 Å². The maximum Gasteiger partial charge on any atom is 0.261 e. The zero-order chi connectivity index (χ0) is 22.6. The summed E-state index contributed by atoms with van der Waals surface area (Å²) in [6.45, 7) is 10.4. The van der Waals surface area contributed by atoms with Crippen molar-refractivity contribution in [2.45, 2.75) is 39.0 Å². The zero-order valence-corrected chi connectivity index (χ0v) is 19.3. The number of anilines is 2. The van der Waals surface area contributed by atoms with Crippen LogP contribution in [0.15, 0.2) is 27.6 Å². The predicted octanol–water partition coefficient (Wildman–Crippen LogP) is 2.66. The van der Waals surface area contributed by atoms with Gasteiger partial charge in [0.25, 0.3) is 5.91 Å². The number of nitrogens with one attached hydrogen (secondary N) is 1. The molecule has 3 rings (SSSR count). The number of aryl methyl sites for hydroxylation is 2. The Hall–Kier alpha value is -2.43. The Bertz CT molecular complexity index is 1020. The van der Waals surface area contributed by atoms with Crippen LogP contribution in [0.4, 0.5) is 11.4 Å². The highest BCUT2D eigenvalue weighted by atomic mass is 32.2. The molecule has 1 N–H and O–H groups in total. The van der Waals surface area contributed by atoms with E-state index in [0.717, 1.165) is 5.69 Å². The van der Waals surface area contributed by atoms with E-state index in [0.29, 0.717) is 68.5 Å². The molecule has 0 spiro atoms. The van der Waals surface area contributed by atoms with Gasteiger partial charge < -0.3 is 19.5 Å². The molecule has 1 aromatic heterocycles. The van der Waals surface area contributed by atoms with Gasteiger partial charge in [0.05, 0.1) is 35.2 Å². The summed E-state index contributed by atoms with van der Waals surface area (Å²) in [5.74, 6) is 0.0563. The first-order valence-corrected chi connectivity index (χ1v) is 12.0. The second-order valence-electron chi connectivity index (χ2n) is 7.24. The Labute approximate surface area is 183 Å². The van der Waals surface area contributed by atoms with Gasteiger partial charge in [-0.1, -0.05) is 12.1 Å². The van der Waals surface area contributed by atoms with E-state index < -0.39 is 10.0 Å². The van der Waals surface area contributed by atoms with Crippen molar-refractivity contribution in [2.75, 3.05) is 49.6 Å². The number of amides is 1. The number of hydrogen-bond donors (Lipinski definition) is 1. The van der Waals surface area contributed by atoms with Gasteiger partial charge in [0.15, 0.2) is 0 Å². The van der Waals surface area contributed by atoms with Gasteiger partial charge >= 0.3 is 0 Å². The molecule has 0 unspecified atom stereocenters. The second-order valence-corrected chi connectivity index (χ2v) is 9.17. The van der Waals surface area contributed by atoms with Crippen LogP contribution in [0.1, 0.15) is 42.6 Å². The summed E-state index contributed by atoms with van der Waals surface area (Å²) in [6.07, 6.45) is 0.550. The summed E-state index contributed by atoms with van der Waals surface area (Å²) >= 11 is 0. The average Bonchev–Trinajstić information content (AvgIpc) is 3.16. The molecule has 2 heterocycles. The second kappa shape index (κ2) is 9.80. The first-order valence-electron chi connectivity index (χ1n) is 10.6. The van der Waals surface area contributed by atoms with E-state index in [9.17, 15) is 13.2 Å². The molecule has 1 aliphatic heterocycles. The standard InChI is InChI=1S/C21H30N4O5S/c1-5-17-20(15(4)30-23-17)21(26)22-18-14-16(8-9-19(18)24(6-2)7-3)31(27,28)25-10-12-29-13-11-25/h8-9,14H,5-7,10-13H2,1-4H3,(H,22,26). The van der Waals surface area contributed by atoms with Crippen LogP contribution in [0.5, 0.6) is 0 Å². The van der Waals surface area contributed by atoms with Gasteiger partial charge in [0.1, 0.15) is 11.3 Å². The number of nitrogens with zero attached hydrogens (tertiary/aromatic N) is 3. The number of carbonyl (C=O) groups is 1. The minimum absolute atomic E-state index is 0.137. The summed E-state index contributed by atoms with van der Waals surface area (Å²) in [7, 11) is -3.70. The van der Waals surface area contributed by atoms with E-state index in [1.807, 2.05) is 20.8 Å². The van der Waals surface area contributed by atoms with Gasteiger partial charge in [-0.3, -0.25) is 4.79 Å². The van der Waals surface area contributed by atoms with Crippen molar-refractivity contribution in [1.29, 1.82) is 0 Å². The summed E-state index contributed by atoms with van der Waals surface area (Å²) in [6, 6.07) is 4.87. The first-order chi connectivity index (χ1) is 14.8. The van der Waals surface area contributed by atoms with Gasteiger partial charge in [-0.05, 0) is 45.4 Å². The lowest BCUT2D eigenvalue weighted by Gasteiger charge is -2.28. The Balaban J connectivity index is 2.02. The average molecular weight is 451 g/mol. The fourth-order valence-electron chi connectivity index (χ4n) is 3.69. The fourth-order valence-corrected chi connectivity index (χ4v) is 5.12. The molecule has 170 valence electrons. The quantitative estimate of drug-likeness (QED) is 0.659. The van der Waals surface area contributed by atoms with E-state index >= 15 is 0 Å². The summed E-state index contributed by atoms with van der Waals surface area (Å²) in [5.41, 5.74) is 2.14. The molecule has 0 atom stereocenters. The summed E-state index contributed by atoms with van der Waals surface area (Å²) in [5, 5.41) is 6.85. The highest BCUT2D eigenvalue weighted by Gasteiger charge is 2.28. The Morgan fingerprint density at radius 2 is 1.87 bits per heavy atom. The SMILES string of the molecule is CCc1noc(C)c1C(=O)Nc1cc(S(=O)(=O)N2CCOCC2)ccc1N(CC)CC. The number of hydrogen-bond acceptors (Lipinski definition) is 7. The molecule has 0 aliphatic carbocycles. The van der Waals surface area contributed by atoms with Crippen LogP contribution in [0, 0.1) is 6.92 Å². The maximum atomic E-state index is 13.1. The van der Waals surface area contributed by atoms with Crippen molar-refractivity contribution in [3.8, 4) is 0 Å². The number of carbonyl (C=O) groups excluding carboxylic acids is 1. The highest BCUT2D eigenvalue weighted by molar-refractivity contribution is 7.89. The van der Waals surface area contributed by atoms with Gasteiger partial charge in [0.2, 0.25) is 10.0 Å². The molecular formula is C21H30N4O5S. The summed E-state index contributed by atoms with van der Waals surface area (Å²) in [4.78, 5) is 15.3. The molecule has 1 aliphatic rings. The molecule has 9 nitrogen and oxygen atoms in total. The molecule has 1 aromatic carbocycles. The van der Waals surface area contributed by atoms with Crippen molar-refractivity contribution in [2.24, 2.45) is 0 Å². The van der Waals surface area contributed by atoms with E-state index in [-0.39, 0.29) is 10.8 Å². The topological polar surface area (TPSA) is 105 Å². The van der Waals surface area contributed by atoms with Crippen LogP contribution in [0.25, 0.3) is 0 Å². The number of ether oxygens (including phenoxy) is 1. The molecule has 1 saturated heterocycles. The van der Waals surface area contributed by atoms with Crippen molar-refractivity contribution < 1.29 is 22.5 Å². The molecule has 0 saturated carbocycles. The third-order valence-corrected chi connectivity index (χ3v) is 7.32. The lowest BCUT2D eigenvalue weighted by molar-refractivity contribution is 0.0730. The normalized spacial score (nSPS) is 15.1. The highest BCUT2D eigenvalue weighted by Crippen LogP contribution is 2.31. The molecule has 1 fully saturated rings. The van der Waals surface area contributed by atoms with E-state index in [4.69, 9.17) is 9.26 Å². The minimum Gasteiger partial charge on any atom is -0.379 e. The van der Waals surface area contributed by atoms with Crippen LogP contribution in [-0.4, -0.2) is 63.2 Å². The van der Waals surface area contributed by atoms with Crippen molar-refractivity contribution in [3.05, 3.63) is 35.2 Å². The zero-order valence-electron chi connectivity index (χ0n) is 18.5. The third-order valence-electron chi connectivity index (χ3n) is 5.42. The largest absolute Gasteiger partial charge is 0.379 e. The van der Waals surface area contributed by atoms with Crippen molar-refractivity contribution in [3.63, 3.8) is 0 Å². The molecular weight excluding hydrogens is 420 g/mol. The molecule has 0 radical (unpaired) electrons. The molecule has 10 heteroatoms. The van der Waals surface area contributed by atoms with Gasteiger partial charge in [-0.25, -0.2) is 8.42 Å². The molecule has 0 bridgehead atoms. The number of sulfonamides is 1. The molecule has 2 aromatic rings. The van der Waals surface area contributed by atoms with Gasteiger partial charge in [-0.15, -0.1) is 0 Å². The van der Waals surface area contributed by atoms with Gasteiger partial charge in [0, 0.05) is 26.2 Å². The van der Waals surface area contributed by atoms with E-state index in [2.05, 4.69) is 15.4 Å². The maximum absolute atomic E-state index is 13.1. The van der Waals surface area contributed by atoms with Crippen LogP contribution in [0.2, 0.25) is 0 Å². The summed E-state index contributed by atoms with van der Waals surface area (Å²) < 4.78 is 38.2. The van der Waals surface area contributed by atoms with Crippen LogP contribution < -0.4 is 10.2 Å². The van der Waals surface area contributed by atoms with E-state index in [1.54, 1.807) is 19.1 Å². The van der Waals surface area contributed by atoms with Gasteiger partial charge in [-0.2, -0.15) is 4.31 Å². The van der Waals surface area contributed by atoms with Crippen molar-refractivity contribution >= 4 is 27.3 Å². The van der Waals surface area contributed by atoms with Crippen LogP contribution in [-0.2, 0) is 21.2 Å². The lowest BCUT2D eigenvalue weighted by Crippen LogP contribution is -2.40. The minimum atomic E-state index is -3.70. The molecule has 1 amide bonds.